The number of para-hydroxylation sites is 1. The number of aromatic nitrogens is 1. The molecule has 1 aromatic carbocycles. The van der Waals surface area contributed by atoms with Crippen molar-refractivity contribution in [1.82, 2.24) is 9.88 Å². The van der Waals surface area contributed by atoms with Crippen LogP contribution < -0.4 is 5.32 Å². The van der Waals surface area contributed by atoms with Crippen LogP contribution in [-0.4, -0.2) is 18.2 Å². The van der Waals surface area contributed by atoms with Crippen molar-refractivity contribution in [3.63, 3.8) is 0 Å². The Morgan fingerprint density at radius 3 is 2.65 bits per heavy atom. The summed E-state index contributed by atoms with van der Waals surface area (Å²) >= 11 is 0. The second-order valence-corrected chi connectivity index (χ2v) is 5.63. The van der Waals surface area contributed by atoms with Gasteiger partial charge in [0.05, 0.1) is 0 Å². The number of rotatable bonds is 9. The van der Waals surface area contributed by atoms with Gasteiger partial charge in [-0.15, -0.1) is 0 Å². The van der Waals surface area contributed by atoms with Crippen LogP contribution >= 0.6 is 0 Å². The van der Waals surface area contributed by atoms with Crippen molar-refractivity contribution in [2.75, 3.05) is 13.6 Å². The standard InChI is InChI=1S/C18H28N2/c1-3-4-5-6-9-14-20-15-16(12-13-19-2)17-10-7-8-11-18(17)20/h7-8,10-11,15,19H,3-6,9,12-14H2,1-2H3. The Balaban J connectivity index is 2.04. The van der Waals surface area contributed by atoms with Crippen molar-refractivity contribution in [3.05, 3.63) is 36.0 Å². The van der Waals surface area contributed by atoms with Crippen molar-refractivity contribution >= 4 is 10.9 Å². The highest BCUT2D eigenvalue weighted by atomic mass is 15.0. The number of likely N-dealkylation sites (N-methyl/N-ethyl adjacent to an activating group) is 1. The van der Waals surface area contributed by atoms with Crippen LogP contribution in [0.2, 0.25) is 0 Å². The van der Waals surface area contributed by atoms with Gasteiger partial charge in [-0.3, -0.25) is 0 Å². The normalized spacial score (nSPS) is 11.3. The average Bonchev–Trinajstić information content (AvgIpc) is 2.83. The summed E-state index contributed by atoms with van der Waals surface area (Å²) in [5.74, 6) is 0. The van der Waals surface area contributed by atoms with Crippen LogP contribution in [0, 0.1) is 0 Å². The first kappa shape index (κ1) is 15.1. The first-order valence-corrected chi connectivity index (χ1v) is 8.08. The summed E-state index contributed by atoms with van der Waals surface area (Å²) in [4.78, 5) is 0. The SMILES string of the molecule is CCCCCCCn1cc(CCNC)c2ccccc21. The maximum absolute atomic E-state index is 3.25. The molecule has 1 N–H and O–H groups in total. The Labute approximate surface area is 123 Å². The Bertz CT molecular complexity index is 513. The van der Waals surface area contributed by atoms with Crippen molar-refractivity contribution in [1.29, 1.82) is 0 Å². The molecule has 0 atom stereocenters. The summed E-state index contributed by atoms with van der Waals surface area (Å²) in [6.07, 6.45) is 10.2. The van der Waals surface area contributed by atoms with Gasteiger partial charge in [-0.25, -0.2) is 0 Å². The highest BCUT2D eigenvalue weighted by Crippen LogP contribution is 2.22. The lowest BCUT2D eigenvalue weighted by Crippen LogP contribution is -2.10. The number of aryl methyl sites for hydroxylation is 1. The molecule has 0 saturated heterocycles. The minimum atomic E-state index is 1.05. The number of hydrogen-bond acceptors (Lipinski definition) is 1. The van der Waals surface area contributed by atoms with E-state index in [0.717, 1.165) is 19.5 Å². The highest BCUT2D eigenvalue weighted by molar-refractivity contribution is 5.84. The average molecular weight is 272 g/mol. The lowest BCUT2D eigenvalue weighted by Gasteiger charge is -2.05. The number of hydrogen-bond donors (Lipinski definition) is 1. The van der Waals surface area contributed by atoms with Gasteiger partial charge in [-0.05, 0) is 38.1 Å². The van der Waals surface area contributed by atoms with Crippen molar-refractivity contribution in [3.8, 4) is 0 Å². The summed E-state index contributed by atoms with van der Waals surface area (Å²) in [5.41, 5.74) is 2.87. The van der Waals surface area contributed by atoms with E-state index in [2.05, 4.69) is 47.3 Å². The molecule has 0 bridgehead atoms. The molecule has 0 aliphatic carbocycles. The number of benzene rings is 1. The predicted octanol–water partition coefficient (Wildman–Crippen LogP) is 4.37. The topological polar surface area (TPSA) is 17.0 Å². The third-order valence-electron chi connectivity index (χ3n) is 4.02. The first-order chi connectivity index (χ1) is 9.86. The fourth-order valence-electron chi connectivity index (χ4n) is 2.85. The summed E-state index contributed by atoms with van der Waals surface area (Å²) in [6, 6.07) is 8.81. The molecule has 0 saturated carbocycles. The van der Waals surface area contributed by atoms with E-state index in [9.17, 15) is 0 Å². The Morgan fingerprint density at radius 1 is 1.05 bits per heavy atom. The fraction of sp³-hybridized carbons (Fsp3) is 0.556. The van der Waals surface area contributed by atoms with Gasteiger partial charge in [0.2, 0.25) is 0 Å². The fourth-order valence-corrected chi connectivity index (χ4v) is 2.85. The van der Waals surface area contributed by atoms with E-state index in [1.165, 1.54) is 48.6 Å². The van der Waals surface area contributed by atoms with Gasteiger partial charge in [0.15, 0.2) is 0 Å². The molecular formula is C18H28N2. The molecule has 0 radical (unpaired) electrons. The van der Waals surface area contributed by atoms with Gasteiger partial charge in [0, 0.05) is 23.6 Å². The zero-order valence-electron chi connectivity index (χ0n) is 13.0. The van der Waals surface area contributed by atoms with Crippen molar-refractivity contribution < 1.29 is 0 Å². The van der Waals surface area contributed by atoms with Gasteiger partial charge in [0.25, 0.3) is 0 Å². The van der Waals surface area contributed by atoms with Crippen LogP contribution in [-0.2, 0) is 13.0 Å². The molecule has 2 rings (SSSR count). The van der Waals surface area contributed by atoms with Crippen LogP contribution in [0.1, 0.15) is 44.6 Å². The Hall–Kier alpha value is -1.28. The third kappa shape index (κ3) is 3.86. The minimum Gasteiger partial charge on any atom is -0.347 e. The molecule has 2 nitrogen and oxygen atoms in total. The predicted molar refractivity (Wildman–Crippen MR) is 88.3 cm³/mol. The number of nitrogens with one attached hydrogen (secondary N) is 1. The second kappa shape index (κ2) is 8.11. The molecule has 2 heteroatoms. The molecular weight excluding hydrogens is 244 g/mol. The third-order valence-corrected chi connectivity index (χ3v) is 4.02. The molecule has 0 fully saturated rings. The van der Waals surface area contributed by atoms with Crippen LogP contribution in [0.5, 0.6) is 0 Å². The summed E-state index contributed by atoms with van der Waals surface area (Å²) in [6.45, 7) is 4.47. The van der Waals surface area contributed by atoms with Crippen molar-refractivity contribution in [2.45, 2.75) is 52.0 Å². The van der Waals surface area contributed by atoms with Crippen LogP contribution in [0.25, 0.3) is 10.9 Å². The molecule has 1 aromatic heterocycles. The maximum Gasteiger partial charge on any atom is 0.0483 e. The molecule has 20 heavy (non-hydrogen) atoms. The maximum atomic E-state index is 3.25. The molecule has 110 valence electrons. The lowest BCUT2D eigenvalue weighted by molar-refractivity contribution is 0.576. The van der Waals surface area contributed by atoms with E-state index in [1.54, 1.807) is 0 Å². The number of fused-ring (bicyclic) bond motifs is 1. The largest absolute Gasteiger partial charge is 0.347 e. The zero-order chi connectivity index (χ0) is 14.2. The molecule has 2 aromatic rings. The smallest absolute Gasteiger partial charge is 0.0483 e. The van der Waals surface area contributed by atoms with Gasteiger partial charge in [0.1, 0.15) is 0 Å². The zero-order valence-corrected chi connectivity index (χ0v) is 13.0. The molecule has 0 aliphatic rings. The highest BCUT2D eigenvalue weighted by Gasteiger charge is 2.07. The number of nitrogens with zero attached hydrogens (tertiary/aromatic N) is 1. The Kier molecular flexibility index (Phi) is 6.13. The van der Waals surface area contributed by atoms with E-state index in [4.69, 9.17) is 0 Å². The first-order valence-electron chi connectivity index (χ1n) is 8.08. The van der Waals surface area contributed by atoms with Gasteiger partial charge in [-0.2, -0.15) is 0 Å². The van der Waals surface area contributed by atoms with E-state index in [1.807, 2.05) is 7.05 Å². The quantitative estimate of drug-likeness (QED) is 0.671. The van der Waals surface area contributed by atoms with Crippen LogP contribution in [0.4, 0.5) is 0 Å². The second-order valence-electron chi connectivity index (χ2n) is 5.63. The number of unbranched alkanes of at least 4 members (excludes halogenated alkanes) is 4. The summed E-state index contributed by atoms with van der Waals surface area (Å²) in [7, 11) is 2.02. The van der Waals surface area contributed by atoms with Gasteiger partial charge < -0.3 is 9.88 Å². The summed E-state index contributed by atoms with van der Waals surface area (Å²) in [5, 5.41) is 4.67. The molecule has 0 amide bonds. The monoisotopic (exact) mass is 272 g/mol. The molecule has 0 aliphatic heterocycles. The summed E-state index contributed by atoms with van der Waals surface area (Å²) < 4.78 is 2.45. The molecule has 0 unspecified atom stereocenters. The lowest BCUT2D eigenvalue weighted by atomic mass is 10.1. The van der Waals surface area contributed by atoms with E-state index in [0.29, 0.717) is 0 Å². The van der Waals surface area contributed by atoms with E-state index < -0.39 is 0 Å². The van der Waals surface area contributed by atoms with Crippen LogP contribution in [0.15, 0.2) is 30.5 Å². The van der Waals surface area contributed by atoms with Gasteiger partial charge >= 0.3 is 0 Å². The Morgan fingerprint density at radius 2 is 1.85 bits per heavy atom. The van der Waals surface area contributed by atoms with E-state index >= 15 is 0 Å². The van der Waals surface area contributed by atoms with Gasteiger partial charge in [-0.1, -0.05) is 50.8 Å². The van der Waals surface area contributed by atoms with Crippen LogP contribution in [0.3, 0.4) is 0 Å². The van der Waals surface area contributed by atoms with Crippen molar-refractivity contribution in [2.24, 2.45) is 0 Å². The van der Waals surface area contributed by atoms with E-state index in [-0.39, 0.29) is 0 Å². The molecule has 1 heterocycles. The molecule has 0 spiro atoms. The minimum absolute atomic E-state index is 1.05.